The number of piperidine rings is 3. The van der Waals surface area contributed by atoms with Crippen LogP contribution in [0.4, 0.5) is 37.7 Å². The Labute approximate surface area is 259 Å². The number of alkyl halides is 6. The van der Waals surface area contributed by atoms with Gasteiger partial charge in [0.1, 0.15) is 17.1 Å². The van der Waals surface area contributed by atoms with Crippen LogP contribution in [-0.2, 0) is 18.9 Å². The number of nitrogens with zero attached hydrogens (tertiary/aromatic N) is 2. The summed E-state index contributed by atoms with van der Waals surface area (Å²) in [4.78, 5) is 32.5. The number of nitrogens with one attached hydrogen (secondary N) is 2. The molecule has 5 atom stereocenters. The Hall–Kier alpha value is -4.39. The molecular weight excluding hydrogens is 614 g/mol. The van der Waals surface area contributed by atoms with Crippen molar-refractivity contribution in [2.45, 2.75) is 43.8 Å². The lowest BCUT2D eigenvalue weighted by Crippen LogP contribution is -2.56. The van der Waals surface area contributed by atoms with Gasteiger partial charge in [-0.15, -0.1) is 6.58 Å². The van der Waals surface area contributed by atoms with Crippen LogP contribution in [0.5, 0.6) is 5.75 Å². The molecule has 0 aliphatic carbocycles. The van der Waals surface area contributed by atoms with E-state index >= 15 is 0 Å². The molecule has 2 bridgehead atoms. The third-order valence-electron chi connectivity index (χ3n) is 9.18. The fourth-order valence-electron chi connectivity index (χ4n) is 6.82. The molecule has 242 valence electrons. The van der Waals surface area contributed by atoms with Gasteiger partial charge in [-0.25, -0.2) is 0 Å². The number of ether oxygens (including phenoxy) is 1. The van der Waals surface area contributed by atoms with Crippen molar-refractivity contribution in [1.82, 2.24) is 9.88 Å². The van der Waals surface area contributed by atoms with Crippen LogP contribution in [0.15, 0.2) is 70.9 Å². The average molecular weight is 645 g/mol. The van der Waals surface area contributed by atoms with Gasteiger partial charge in [0, 0.05) is 30.7 Å². The number of pyridine rings is 1. The van der Waals surface area contributed by atoms with Gasteiger partial charge >= 0.3 is 12.4 Å². The molecule has 13 heteroatoms. The lowest BCUT2D eigenvalue weighted by atomic mass is 9.73. The topological polar surface area (TPSA) is 83.6 Å². The Bertz CT molecular complexity index is 1830. The molecule has 3 aromatic carbocycles. The lowest BCUT2D eigenvalue weighted by Gasteiger charge is -2.52. The van der Waals surface area contributed by atoms with Crippen LogP contribution in [0.1, 0.15) is 41.1 Å². The lowest BCUT2D eigenvalue weighted by molar-refractivity contribution is -0.143. The number of halogens is 6. The maximum atomic E-state index is 13.4. The standard InChI is InChI=1S/C33H30F6N4O3/c1-3-18-16-43-9-7-19(18)12-26(43)27(23-6-8-40-25-5-4-22(46-2)14-24(23)25)42-29-28(30(44)31(29)45)41-15-17-10-20(32(34,35)36)13-21(11-17)33(37,38)39/h3-6,8,10-11,13-14,18-19,26-27,41-42H,1,7,9,12,15-16H2,2H3/t18?,19?,26-,27-/m0/s1. The molecule has 3 saturated heterocycles. The van der Waals surface area contributed by atoms with E-state index in [0.29, 0.717) is 35.2 Å². The quantitative estimate of drug-likeness (QED) is 0.122. The minimum absolute atomic E-state index is 0.0382. The summed E-state index contributed by atoms with van der Waals surface area (Å²) in [6, 6.07) is 7.82. The fourth-order valence-corrected chi connectivity index (χ4v) is 6.82. The van der Waals surface area contributed by atoms with Crippen molar-refractivity contribution in [3.8, 4) is 5.75 Å². The molecule has 4 aromatic rings. The van der Waals surface area contributed by atoms with Crippen LogP contribution in [-0.4, -0.2) is 36.1 Å². The van der Waals surface area contributed by atoms with Gasteiger partial charge in [-0.05, 0) is 84.8 Å². The Morgan fingerprint density at radius 1 is 1.02 bits per heavy atom. The molecule has 0 saturated carbocycles. The summed E-state index contributed by atoms with van der Waals surface area (Å²) in [7, 11) is 1.54. The first-order chi connectivity index (χ1) is 21.8. The molecule has 3 fully saturated rings. The monoisotopic (exact) mass is 644 g/mol. The van der Waals surface area contributed by atoms with Gasteiger partial charge in [0.2, 0.25) is 0 Å². The van der Waals surface area contributed by atoms with Crippen molar-refractivity contribution >= 4 is 22.3 Å². The highest BCUT2D eigenvalue weighted by atomic mass is 19.4. The first-order valence-corrected chi connectivity index (χ1v) is 14.7. The van der Waals surface area contributed by atoms with Crippen molar-refractivity contribution in [3.05, 3.63) is 104 Å². The van der Waals surface area contributed by atoms with Crippen LogP contribution in [0.3, 0.4) is 0 Å². The largest absolute Gasteiger partial charge is 0.497 e. The Balaban J connectivity index is 1.36. The number of benzene rings is 2. The molecule has 7 nitrogen and oxygen atoms in total. The molecule has 3 aliphatic heterocycles. The second kappa shape index (κ2) is 11.8. The third-order valence-corrected chi connectivity index (χ3v) is 9.18. The highest BCUT2D eigenvalue weighted by molar-refractivity contribution is 5.85. The fraction of sp³-hybridized carbons (Fsp3) is 0.364. The zero-order chi connectivity index (χ0) is 33.0. The number of methoxy groups -OCH3 is 1. The van der Waals surface area contributed by atoms with E-state index in [1.165, 1.54) is 7.11 Å². The summed E-state index contributed by atoms with van der Waals surface area (Å²) in [5, 5.41) is 6.68. The minimum Gasteiger partial charge on any atom is -0.497 e. The zero-order valence-corrected chi connectivity index (χ0v) is 24.6. The average Bonchev–Trinajstić information content (AvgIpc) is 3.04. The van der Waals surface area contributed by atoms with E-state index in [1.807, 2.05) is 24.3 Å². The Morgan fingerprint density at radius 2 is 1.72 bits per heavy atom. The van der Waals surface area contributed by atoms with E-state index in [1.54, 1.807) is 12.3 Å². The Morgan fingerprint density at radius 3 is 2.33 bits per heavy atom. The predicted octanol–water partition coefficient (Wildman–Crippen LogP) is 6.54. The number of anilines is 2. The summed E-state index contributed by atoms with van der Waals surface area (Å²) < 4.78 is 85.9. The van der Waals surface area contributed by atoms with Gasteiger partial charge in [0.25, 0.3) is 10.9 Å². The first-order valence-electron chi connectivity index (χ1n) is 14.7. The molecule has 4 heterocycles. The predicted molar refractivity (Wildman–Crippen MR) is 162 cm³/mol. The molecule has 7 rings (SSSR count). The maximum absolute atomic E-state index is 13.4. The number of rotatable bonds is 9. The van der Waals surface area contributed by atoms with Gasteiger partial charge in [-0.1, -0.05) is 6.08 Å². The van der Waals surface area contributed by atoms with Crippen molar-refractivity contribution in [3.63, 3.8) is 0 Å². The van der Waals surface area contributed by atoms with E-state index < -0.39 is 46.9 Å². The third kappa shape index (κ3) is 5.83. The van der Waals surface area contributed by atoms with Gasteiger partial charge in [0.05, 0.1) is 29.8 Å². The molecule has 0 amide bonds. The van der Waals surface area contributed by atoms with Crippen LogP contribution in [0, 0.1) is 11.8 Å². The summed E-state index contributed by atoms with van der Waals surface area (Å²) in [6.07, 6.45) is -4.69. The number of aromatic nitrogens is 1. The first kappa shape index (κ1) is 31.6. The van der Waals surface area contributed by atoms with Crippen LogP contribution >= 0.6 is 0 Å². The molecule has 0 radical (unpaired) electrons. The SMILES string of the molecule is C=CC1CN2CCC1C[C@H]2[C@@H](Nc1c(NCc2cc(C(F)(F)F)cc(C(F)(F)F)c2)c(=O)c1=O)c1ccnc2ccc(OC)cc12. The van der Waals surface area contributed by atoms with Crippen molar-refractivity contribution in [2.75, 3.05) is 30.8 Å². The van der Waals surface area contributed by atoms with Crippen molar-refractivity contribution in [1.29, 1.82) is 0 Å². The van der Waals surface area contributed by atoms with Crippen LogP contribution < -0.4 is 26.2 Å². The van der Waals surface area contributed by atoms with Crippen molar-refractivity contribution < 1.29 is 31.1 Å². The highest BCUT2D eigenvalue weighted by Crippen LogP contribution is 2.44. The molecule has 46 heavy (non-hydrogen) atoms. The second-order valence-corrected chi connectivity index (χ2v) is 11.8. The molecule has 1 aromatic heterocycles. The van der Waals surface area contributed by atoms with Gasteiger partial charge in [0.15, 0.2) is 0 Å². The number of hydrogen-bond acceptors (Lipinski definition) is 7. The number of fused-ring (bicyclic) bond motifs is 4. The van der Waals surface area contributed by atoms with E-state index in [9.17, 15) is 35.9 Å². The molecule has 3 aliphatic rings. The maximum Gasteiger partial charge on any atom is 0.416 e. The smallest absolute Gasteiger partial charge is 0.416 e. The van der Waals surface area contributed by atoms with E-state index in [2.05, 4.69) is 27.1 Å². The van der Waals surface area contributed by atoms with Gasteiger partial charge < -0.3 is 15.4 Å². The summed E-state index contributed by atoms with van der Waals surface area (Å²) in [5.41, 5.74) is -3.84. The molecule has 0 spiro atoms. The summed E-state index contributed by atoms with van der Waals surface area (Å²) in [6.45, 7) is 5.01. The van der Waals surface area contributed by atoms with Gasteiger partial charge in [-0.3, -0.25) is 19.5 Å². The normalized spacial score (nSPS) is 22.2. The van der Waals surface area contributed by atoms with Crippen LogP contribution in [0.2, 0.25) is 0 Å². The summed E-state index contributed by atoms with van der Waals surface area (Å²) >= 11 is 0. The van der Waals surface area contributed by atoms with Crippen molar-refractivity contribution in [2.24, 2.45) is 11.8 Å². The van der Waals surface area contributed by atoms with E-state index in [-0.39, 0.29) is 29.0 Å². The second-order valence-electron chi connectivity index (χ2n) is 11.8. The Kier molecular flexibility index (Phi) is 8.07. The zero-order valence-electron chi connectivity index (χ0n) is 24.6. The molecular formula is C33H30F6N4O3. The highest BCUT2D eigenvalue weighted by Gasteiger charge is 2.44. The van der Waals surface area contributed by atoms with Crippen LogP contribution in [0.25, 0.3) is 10.9 Å². The molecule has 3 unspecified atom stereocenters. The minimum atomic E-state index is -5.02. The van der Waals surface area contributed by atoms with Gasteiger partial charge in [-0.2, -0.15) is 26.3 Å². The summed E-state index contributed by atoms with van der Waals surface area (Å²) in [5.74, 6) is 1.25. The molecule has 2 N–H and O–H groups in total. The number of hydrogen-bond donors (Lipinski definition) is 2. The van der Waals surface area contributed by atoms with E-state index in [0.717, 1.165) is 36.9 Å². The van der Waals surface area contributed by atoms with E-state index in [4.69, 9.17) is 4.74 Å².